The maximum Gasteiger partial charge on any atom is 0.220 e. The predicted molar refractivity (Wildman–Crippen MR) is 130 cm³/mol. The minimum absolute atomic E-state index is 0.139. The van der Waals surface area contributed by atoms with Gasteiger partial charge in [-0.25, -0.2) is 9.97 Å². The van der Waals surface area contributed by atoms with Crippen LogP contribution < -0.4 is 5.73 Å². The monoisotopic (exact) mass is 429 g/mol. The van der Waals surface area contributed by atoms with Crippen molar-refractivity contribution in [3.8, 4) is 0 Å². The van der Waals surface area contributed by atoms with E-state index in [1.54, 1.807) is 5.57 Å². The van der Waals surface area contributed by atoms with Crippen molar-refractivity contribution in [2.45, 2.75) is 71.8 Å². The van der Waals surface area contributed by atoms with Crippen LogP contribution in [-0.2, 0) is 0 Å². The Hall–Kier alpha value is -2.20. The number of aliphatic hydroxyl groups is 1. The number of fused-ring (bicyclic) bond motifs is 6. The van der Waals surface area contributed by atoms with Crippen LogP contribution in [0.2, 0.25) is 0 Å². The number of nitrogens with zero attached hydrogens (tertiary/aromatic N) is 2. The summed E-state index contributed by atoms with van der Waals surface area (Å²) in [6.07, 6.45) is 14.6. The van der Waals surface area contributed by atoms with E-state index in [2.05, 4.69) is 61.1 Å². The molecule has 6 atom stereocenters. The Morgan fingerprint density at radius 1 is 1.03 bits per heavy atom. The number of allylic oxidation sites excluding steroid dienone is 3. The van der Waals surface area contributed by atoms with Crippen LogP contribution in [0, 0.1) is 28.1 Å². The largest absolute Gasteiger partial charge is 0.393 e. The number of rotatable bonds is 1. The van der Waals surface area contributed by atoms with Crippen molar-refractivity contribution in [1.29, 1.82) is 0 Å². The quantitative estimate of drug-likeness (QED) is 0.552. The van der Waals surface area contributed by atoms with E-state index in [0.29, 0.717) is 23.2 Å². The molecule has 4 aliphatic carbocycles. The fourth-order valence-corrected chi connectivity index (χ4v) is 8.51. The average molecular weight is 430 g/mol. The number of hydrogen-bond acceptors (Lipinski definition) is 4. The summed E-state index contributed by atoms with van der Waals surface area (Å²) in [6.45, 7) is 7.61. The zero-order valence-corrected chi connectivity index (χ0v) is 19.6. The molecule has 4 heteroatoms. The Kier molecular flexibility index (Phi) is 4.25. The van der Waals surface area contributed by atoms with Gasteiger partial charge in [0.2, 0.25) is 5.95 Å². The highest BCUT2D eigenvalue weighted by molar-refractivity contribution is 5.85. The molecule has 6 rings (SSSR count). The molecule has 4 aliphatic rings. The van der Waals surface area contributed by atoms with Crippen LogP contribution in [0.5, 0.6) is 0 Å². The van der Waals surface area contributed by atoms with Crippen LogP contribution in [0.4, 0.5) is 5.95 Å². The highest BCUT2D eigenvalue weighted by atomic mass is 16.3. The van der Waals surface area contributed by atoms with Gasteiger partial charge in [0.05, 0.1) is 11.6 Å². The van der Waals surface area contributed by atoms with Crippen LogP contribution in [0.25, 0.3) is 16.5 Å². The van der Waals surface area contributed by atoms with E-state index in [1.165, 1.54) is 24.0 Å². The Morgan fingerprint density at radius 3 is 2.69 bits per heavy atom. The SMILES string of the molecule is C[C@@]12CC=C3C[C@@H](O)CC[C@]3(C)[C@H]1CC[C@]1(C)C(c3ccc4nc(N)ncc4c3)=CC[C@@H]21. The Labute approximate surface area is 191 Å². The third-order valence-corrected chi connectivity index (χ3v) is 10.1. The van der Waals surface area contributed by atoms with Crippen LogP contribution >= 0.6 is 0 Å². The second-order valence-corrected chi connectivity index (χ2v) is 11.7. The fraction of sp³-hybridized carbons (Fsp3) is 0.571. The third kappa shape index (κ3) is 2.65. The van der Waals surface area contributed by atoms with E-state index in [-0.39, 0.29) is 16.9 Å². The van der Waals surface area contributed by atoms with Gasteiger partial charge in [0, 0.05) is 11.6 Å². The molecule has 0 spiro atoms. The highest BCUT2D eigenvalue weighted by Gasteiger charge is 2.62. The van der Waals surface area contributed by atoms with Gasteiger partial charge in [-0.05, 0) is 96.3 Å². The van der Waals surface area contributed by atoms with Crippen molar-refractivity contribution in [1.82, 2.24) is 9.97 Å². The van der Waals surface area contributed by atoms with Crippen LogP contribution in [0.1, 0.15) is 71.3 Å². The molecular weight excluding hydrogens is 394 g/mol. The summed E-state index contributed by atoms with van der Waals surface area (Å²) >= 11 is 0. The second kappa shape index (κ2) is 6.66. The van der Waals surface area contributed by atoms with E-state index in [4.69, 9.17) is 5.73 Å². The van der Waals surface area contributed by atoms with Gasteiger partial charge >= 0.3 is 0 Å². The Balaban J connectivity index is 1.37. The molecule has 0 aliphatic heterocycles. The molecule has 1 aromatic carbocycles. The van der Waals surface area contributed by atoms with Gasteiger partial charge in [-0.15, -0.1) is 0 Å². The van der Waals surface area contributed by atoms with E-state index in [0.717, 1.165) is 43.0 Å². The Bertz CT molecular complexity index is 1170. The molecule has 2 saturated carbocycles. The third-order valence-electron chi connectivity index (χ3n) is 10.1. The lowest BCUT2D eigenvalue weighted by molar-refractivity contribution is -0.0876. The van der Waals surface area contributed by atoms with Crippen LogP contribution in [0.15, 0.2) is 42.1 Å². The maximum absolute atomic E-state index is 10.3. The first-order chi connectivity index (χ1) is 15.2. The van der Waals surface area contributed by atoms with Crippen molar-refractivity contribution < 1.29 is 5.11 Å². The summed E-state index contributed by atoms with van der Waals surface area (Å²) in [5, 5.41) is 11.4. The van der Waals surface area contributed by atoms with E-state index < -0.39 is 0 Å². The number of benzene rings is 1. The number of aliphatic hydroxyl groups excluding tert-OH is 1. The second-order valence-electron chi connectivity index (χ2n) is 11.7. The lowest BCUT2D eigenvalue weighted by Crippen LogP contribution is -2.55. The first-order valence-corrected chi connectivity index (χ1v) is 12.3. The summed E-state index contributed by atoms with van der Waals surface area (Å²) in [7, 11) is 0. The summed E-state index contributed by atoms with van der Waals surface area (Å²) < 4.78 is 0. The van der Waals surface area contributed by atoms with Crippen molar-refractivity contribution in [3.05, 3.63) is 47.7 Å². The molecular formula is C28H35N3O. The van der Waals surface area contributed by atoms with Gasteiger partial charge in [0.1, 0.15) is 0 Å². The van der Waals surface area contributed by atoms with Crippen molar-refractivity contribution in [3.63, 3.8) is 0 Å². The zero-order valence-electron chi connectivity index (χ0n) is 19.6. The van der Waals surface area contributed by atoms with Gasteiger partial charge < -0.3 is 10.8 Å². The molecule has 32 heavy (non-hydrogen) atoms. The van der Waals surface area contributed by atoms with Crippen LogP contribution in [0.3, 0.4) is 0 Å². The standard InChI is InChI=1S/C28H35N3O/c1-26-12-9-20(32)15-19(26)8-11-28(3)23-7-5-21(27(23,2)13-10-24(26)28)17-4-6-22-18(14-17)16-30-25(29)31-22/h4-6,8,14,16,20,23-24,32H,7,9-13,15H2,1-3H3,(H2,29,30,31)/t20-,23+,24+,26-,27+,28-/m0/s1. The molecule has 168 valence electrons. The number of aromatic nitrogens is 2. The van der Waals surface area contributed by atoms with Crippen LogP contribution in [-0.4, -0.2) is 21.2 Å². The Morgan fingerprint density at radius 2 is 1.84 bits per heavy atom. The number of anilines is 1. The molecule has 1 heterocycles. The lowest BCUT2D eigenvalue weighted by atomic mass is 9.41. The van der Waals surface area contributed by atoms with E-state index >= 15 is 0 Å². The highest BCUT2D eigenvalue weighted by Crippen LogP contribution is 2.71. The zero-order chi connectivity index (χ0) is 22.3. The summed E-state index contributed by atoms with van der Waals surface area (Å²) in [5.41, 5.74) is 11.8. The molecule has 3 N–H and O–H groups in total. The molecule has 0 radical (unpaired) electrons. The summed E-state index contributed by atoms with van der Waals surface area (Å²) in [5.74, 6) is 1.70. The van der Waals surface area contributed by atoms with Gasteiger partial charge in [-0.2, -0.15) is 0 Å². The molecule has 0 unspecified atom stereocenters. The van der Waals surface area contributed by atoms with Crippen molar-refractivity contribution in [2.24, 2.45) is 28.1 Å². The predicted octanol–water partition coefficient (Wildman–Crippen LogP) is 5.92. The first-order valence-electron chi connectivity index (χ1n) is 12.3. The average Bonchev–Trinajstić information content (AvgIpc) is 3.12. The molecule has 0 amide bonds. The van der Waals surface area contributed by atoms with Gasteiger partial charge in [0.25, 0.3) is 0 Å². The van der Waals surface area contributed by atoms with Crippen molar-refractivity contribution in [2.75, 3.05) is 5.73 Å². The maximum atomic E-state index is 10.3. The lowest BCUT2D eigenvalue weighted by Gasteiger charge is -2.63. The fourth-order valence-electron chi connectivity index (χ4n) is 8.51. The normalized spacial score (nSPS) is 40.8. The molecule has 0 saturated heterocycles. The minimum atomic E-state index is -0.139. The summed E-state index contributed by atoms with van der Waals surface area (Å²) in [6, 6.07) is 6.58. The summed E-state index contributed by atoms with van der Waals surface area (Å²) in [4.78, 5) is 8.59. The number of nitrogen functional groups attached to an aromatic ring is 1. The van der Waals surface area contributed by atoms with Gasteiger partial charge in [-0.3, -0.25) is 0 Å². The van der Waals surface area contributed by atoms with Gasteiger partial charge in [0.15, 0.2) is 0 Å². The van der Waals surface area contributed by atoms with Gasteiger partial charge in [-0.1, -0.05) is 44.6 Å². The first kappa shape index (κ1) is 20.4. The molecule has 4 nitrogen and oxygen atoms in total. The van der Waals surface area contributed by atoms with E-state index in [1.807, 2.05) is 6.20 Å². The van der Waals surface area contributed by atoms with Crippen molar-refractivity contribution >= 4 is 22.4 Å². The topological polar surface area (TPSA) is 72.0 Å². The molecule has 1 aromatic heterocycles. The van der Waals surface area contributed by atoms with E-state index in [9.17, 15) is 5.11 Å². The number of nitrogens with two attached hydrogens (primary N) is 1. The molecule has 2 aromatic rings. The number of hydrogen-bond donors (Lipinski definition) is 2. The molecule has 0 bridgehead atoms. The smallest absolute Gasteiger partial charge is 0.220 e. The molecule has 2 fully saturated rings. The minimum Gasteiger partial charge on any atom is -0.393 e.